The highest BCUT2D eigenvalue weighted by molar-refractivity contribution is 5.75. The molecule has 0 aromatic heterocycles. The molecule has 1 heteroatoms. The Morgan fingerprint density at radius 2 is 1.62 bits per heavy atom. The van der Waals surface area contributed by atoms with Gasteiger partial charge in [0.15, 0.2) is 0 Å². The van der Waals surface area contributed by atoms with E-state index in [-0.39, 0.29) is 0 Å². The fourth-order valence-electron chi connectivity index (χ4n) is 5.41. The summed E-state index contributed by atoms with van der Waals surface area (Å²) in [6.07, 6.45) is 4.03. The van der Waals surface area contributed by atoms with Crippen LogP contribution in [-0.4, -0.2) is 13.1 Å². The van der Waals surface area contributed by atoms with Crippen molar-refractivity contribution in [3.05, 3.63) is 28.3 Å². The lowest BCUT2D eigenvalue weighted by molar-refractivity contribution is 0.289. The monoisotopic (exact) mass is 283 g/mol. The molecule has 0 radical (unpaired) electrons. The first-order chi connectivity index (χ1) is 9.66. The van der Waals surface area contributed by atoms with Gasteiger partial charge in [-0.15, -0.1) is 0 Å². The highest BCUT2D eigenvalue weighted by Gasteiger charge is 2.50. The number of rotatable bonds is 0. The highest BCUT2D eigenvalue weighted by Crippen LogP contribution is 2.58. The predicted octanol–water partition coefficient (Wildman–Crippen LogP) is 4.83. The minimum Gasteiger partial charge on any atom is -0.370 e. The highest BCUT2D eigenvalue weighted by atomic mass is 15.2. The standard InChI is InChI=1S/C20H29N/c1-13-11-14-17-16-15(13)18(2,3)7-8-20(16,6)9-10-21(17)12-19(14,4)5/h11H,7-10,12H2,1-6H3. The maximum atomic E-state index is 2.69. The fourth-order valence-corrected chi connectivity index (χ4v) is 5.41. The zero-order valence-electron chi connectivity index (χ0n) is 14.6. The summed E-state index contributed by atoms with van der Waals surface area (Å²) in [4.78, 5) is 2.69. The Labute approximate surface area is 129 Å². The summed E-state index contributed by atoms with van der Waals surface area (Å²) in [5.41, 5.74) is 9.24. The van der Waals surface area contributed by atoms with Gasteiger partial charge in [0.1, 0.15) is 0 Å². The molecule has 0 bridgehead atoms. The maximum Gasteiger partial charge on any atom is 0.0446 e. The Balaban J connectivity index is 2.12. The van der Waals surface area contributed by atoms with Crippen molar-refractivity contribution in [2.75, 3.05) is 18.0 Å². The molecular weight excluding hydrogens is 254 g/mol. The third-order valence-electron chi connectivity index (χ3n) is 6.64. The van der Waals surface area contributed by atoms with Gasteiger partial charge in [0, 0.05) is 24.2 Å². The number of nitrogens with zero attached hydrogens (tertiary/aromatic N) is 1. The molecule has 1 aliphatic carbocycles. The van der Waals surface area contributed by atoms with Gasteiger partial charge in [0.05, 0.1) is 0 Å². The van der Waals surface area contributed by atoms with Crippen molar-refractivity contribution in [2.45, 2.75) is 77.0 Å². The van der Waals surface area contributed by atoms with Crippen molar-refractivity contribution in [3.63, 3.8) is 0 Å². The Bertz CT molecular complexity index is 638. The second-order valence-corrected chi connectivity index (χ2v) is 9.34. The minimum atomic E-state index is 0.308. The van der Waals surface area contributed by atoms with Crippen LogP contribution in [0.15, 0.2) is 6.07 Å². The molecule has 0 spiro atoms. The van der Waals surface area contributed by atoms with Gasteiger partial charge in [-0.3, -0.25) is 0 Å². The average Bonchev–Trinajstić information content (AvgIpc) is 2.63. The van der Waals surface area contributed by atoms with Gasteiger partial charge in [0.25, 0.3) is 0 Å². The smallest absolute Gasteiger partial charge is 0.0446 e. The van der Waals surface area contributed by atoms with Crippen LogP contribution < -0.4 is 4.90 Å². The summed E-state index contributed by atoms with van der Waals surface area (Å²) in [5.74, 6) is 0. The second-order valence-electron chi connectivity index (χ2n) is 9.34. The summed E-state index contributed by atoms with van der Waals surface area (Å²) >= 11 is 0. The van der Waals surface area contributed by atoms with E-state index in [1.165, 1.54) is 37.9 Å². The van der Waals surface area contributed by atoms with E-state index in [1.54, 1.807) is 22.4 Å². The van der Waals surface area contributed by atoms with Gasteiger partial charge in [0.2, 0.25) is 0 Å². The molecular formula is C20H29N. The number of anilines is 1. The van der Waals surface area contributed by atoms with Crippen LogP contribution in [-0.2, 0) is 16.2 Å². The lowest BCUT2D eigenvalue weighted by Crippen LogP contribution is -2.44. The van der Waals surface area contributed by atoms with E-state index in [0.29, 0.717) is 16.2 Å². The molecule has 0 fully saturated rings. The number of benzene rings is 1. The van der Waals surface area contributed by atoms with Crippen molar-refractivity contribution >= 4 is 5.69 Å². The van der Waals surface area contributed by atoms with Gasteiger partial charge < -0.3 is 4.90 Å². The maximum absolute atomic E-state index is 2.69. The van der Waals surface area contributed by atoms with E-state index in [1.807, 2.05) is 0 Å². The Hall–Kier alpha value is -0.980. The molecule has 1 atom stereocenters. The van der Waals surface area contributed by atoms with Crippen molar-refractivity contribution in [2.24, 2.45) is 0 Å². The van der Waals surface area contributed by atoms with Crippen molar-refractivity contribution in [3.8, 4) is 0 Å². The summed E-state index contributed by atoms with van der Waals surface area (Å²) in [6.45, 7) is 17.1. The summed E-state index contributed by atoms with van der Waals surface area (Å²) in [7, 11) is 0. The molecule has 1 nitrogen and oxygen atoms in total. The molecule has 3 aliphatic rings. The first-order valence-electron chi connectivity index (χ1n) is 8.60. The van der Waals surface area contributed by atoms with Crippen LogP contribution in [0.3, 0.4) is 0 Å². The Morgan fingerprint density at radius 1 is 0.905 bits per heavy atom. The lowest BCUT2D eigenvalue weighted by atomic mass is 9.58. The third-order valence-corrected chi connectivity index (χ3v) is 6.64. The number of aryl methyl sites for hydroxylation is 1. The Morgan fingerprint density at radius 3 is 2.33 bits per heavy atom. The van der Waals surface area contributed by atoms with E-state index >= 15 is 0 Å². The van der Waals surface area contributed by atoms with Crippen molar-refractivity contribution in [1.82, 2.24) is 0 Å². The molecule has 0 saturated carbocycles. The number of hydrogen-bond donors (Lipinski definition) is 0. The lowest BCUT2D eigenvalue weighted by Gasteiger charge is -2.50. The normalized spacial score (nSPS) is 31.2. The van der Waals surface area contributed by atoms with Gasteiger partial charge in [-0.1, -0.05) is 40.7 Å². The van der Waals surface area contributed by atoms with E-state index < -0.39 is 0 Å². The van der Waals surface area contributed by atoms with Crippen molar-refractivity contribution in [1.29, 1.82) is 0 Å². The molecule has 1 unspecified atom stereocenters. The summed E-state index contributed by atoms with van der Waals surface area (Å²) < 4.78 is 0. The van der Waals surface area contributed by atoms with E-state index in [9.17, 15) is 0 Å². The van der Waals surface area contributed by atoms with Crippen LogP contribution in [0.25, 0.3) is 0 Å². The predicted molar refractivity (Wildman–Crippen MR) is 90.6 cm³/mol. The third kappa shape index (κ3) is 1.58. The zero-order valence-corrected chi connectivity index (χ0v) is 14.6. The molecule has 0 amide bonds. The Kier molecular flexibility index (Phi) is 2.39. The quantitative estimate of drug-likeness (QED) is 0.659. The number of hydrogen-bond acceptors (Lipinski definition) is 1. The summed E-state index contributed by atoms with van der Waals surface area (Å²) in [6, 6.07) is 2.52. The van der Waals surface area contributed by atoms with E-state index in [0.717, 1.165) is 0 Å². The molecule has 2 aliphatic heterocycles. The van der Waals surface area contributed by atoms with Crippen LogP contribution in [0.1, 0.15) is 76.1 Å². The first kappa shape index (κ1) is 13.7. The summed E-state index contributed by atoms with van der Waals surface area (Å²) in [5, 5.41) is 0. The van der Waals surface area contributed by atoms with Crippen LogP contribution >= 0.6 is 0 Å². The topological polar surface area (TPSA) is 3.24 Å². The van der Waals surface area contributed by atoms with E-state index in [4.69, 9.17) is 0 Å². The second kappa shape index (κ2) is 3.67. The largest absolute Gasteiger partial charge is 0.370 e. The van der Waals surface area contributed by atoms with Crippen LogP contribution in [0.5, 0.6) is 0 Å². The molecule has 0 N–H and O–H groups in total. The molecule has 4 rings (SSSR count). The molecule has 1 aromatic rings. The van der Waals surface area contributed by atoms with Gasteiger partial charge >= 0.3 is 0 Å². The average molecular weight is 283 g/mol. The van der Waals surface area contributed by atoms with Gasteiger partial charge in [-0.25, -0.2) is 0 Å². The zero-order chi connectivity index (χ0) is 15.2. The van der Waals surface area contributed by atoms with Crippen LogP contribution in [0, 0.1) is 6.92 Å². The molecule has 114 valence electrons. The van der Waals surface area contributed by atoms with Gasteiger partial charge in [-0.2, -0.15) is 0 Å². The molecule has 21 heavy (non-hydrogen) atoms. The first-order valence-corrected chi connectivity index (χ1v) is 8.60. The minimum absolute atomic E-state index is 0.308. The van der Waals surface area contributed by atoms with Crippen LogP contribution in [0.4, 0.5) is 5.69 Å². The SMILES string of the molecule is Cc1cc2c3c4c1C(C)(C)CCC4(C)CCN3CC2(C)C. The fraction of sp³-hybridized carbons (Fsp3) is 0.700. The van der Waals surface area contributed by atoms with Crippen LogP contribution in [0.2, 0.25) is 0 Å². The van der Waals surface area contributed by atoms with E-state index in [2.05, 4.69) is 52.5 Å². The molecule has 1 aromatic carbocycles. The molecule has 0 saturated heterocycles. The van der Waals surface area contributed by atoms with Crippen molar-refractivity contribution < 1.29 is 0 Å². The molecule has 2 heterocycles. The van der Waals surface area contributed by atoms with Gasteiger partial charge in [-0.05, 0) is 59.3 Å².